The van der Waals surface area contributed by atoms with E-state index in [1.165, 1.54) is 37.1 Å². The predicted molar refractivity (Wildman–Crippen MR) is 103 cm³/mol. The number of pyridine rings is 1. The monoisotopic (exact) mass is 392 g/mol. The van der Waals surface area contributed by atoms with Gasteiger partial charge in [0, 0.05) is 12.1 Å². The first kappa shape index (κ1) is 17.2. The van der Waals surface area contributed by atoms with Crippen LogP contribution < -0.4 is 5.32 Å². The van der Waals surface area contributed by atoms with E-state index in [0.29, 0.717) is 39.5 Å². The van der Waals surface area contributed by atoms with Gasteiger partial charge in [0.25, 0.3) is 0 Å². The highest BCUT2D eigenvalue weighted by Crippen LogP contribution is 2.28. The fourth-order valence-corrected chi connectivity index (χ4v) is 3.29. The summed E-state index contributed by atoms with van der Waals surface area (Å²) in [4.78, 5) is 24.1. The van der Waals surface area contributed by atoms with Gasteiger partial charge < -0.3 is 10.3 Å². The Labute approximate surface area is 162 Å². The molecule has 10 heteroatoms. The number of fused-ring (bicyclic) bond motifs is 2. The first-order chi connectivity index (χ1) is 14.1. The van der Waals surface area contributed by atoms with Crippen LogP contribution in [-0.4, -0.2) is 34.5 Å². The Morgan fingerprint density at radius 2 is 1.97 bits per heavy atom. The number of rotatable bonds is 4. The molecule has 4 heterocycles. The third kappa shape index (κ3) is 2.94. The topological polar surface area (TPSA) is 97.2 Å². The van der Waals surface area contributed by atoms with Gasteiger partial charge in [0.15, 0.2) is 11.5 Å². The number of benzene rings is 1. The van der Waals surface area contributed by atoms with Gasteiger partial charge in [0.2, 0.25) is 0 Å². The Kier molecular flexibility index (Phi) is 3.90. The van der Waals surface area contributed by atoms with Crippen LogP contribution in [0.4, 0.5) is 14.6 Å². The van der Waals surface area contributed by atoms with Gasteiger partial charge in [-0.2, -0.15) is 0 Å². The Hall–Kier alpha value is -3.95. The van der Waals surface area contributed by atoms with Gasteiger partial charge in [-0.3, -0.25) is 9.55 Å². The normalized spacial score (nSPS) is 12.5. The fraction of sp³-hybridized carbons (Fsp3) is 0.105. The third-order valence-corrected chi connectivity index (χ3v) is 4.55. The molecule has 0 aliphatic heterocycles. The number of aromatic amines is 1. The van der Waals surface area contributed by atoms with Crippen molar-refractivity contribution in [2.24, 2.45) is 0 Å². The van der Waals surface area contributed by atoms with E-state index in [0.717, 1.165) is 6.20 Å². The lowest BCUT2D eigenvalue weighted by molar-refractivity contribution is 0.619. The highest BCUT2D eigenvalue weighted by atomic mass is 19.1. The molecule has 0 aliphatic rings. The van der Waals surface area contributed by atoms with Gasteiger partial charge in [-0.25, -0.2) is 28.7 Å². The molecule has 1 unspecified atom stereocenters. The number of halogens is 2. The Bertz CT molecular complexity index is 1340. The third-order valence-electron chi connectivity index (χ3n) is 4.55. The molecule has 0 saturated heterocycles. The summed E-state index contributed by atoms with van der Waals surface area (Å²) < 4.78 is 29.5. The van der Waals surface area contributed by atoms with E-state index in [4.69, 9.17) is 0 Å². The smallest absolute Gasteiger partial charge is 0.162 e. The second kappa shape index (κ2) is 6.59. The number of anilines is 1. The second-order valence-electron chi connectivity index (χ2n) is 6.49. The molecule has 8 nitrogen and oxygen atoms in total. The summed E-state index contributed by atoms with van der Waals surface area (Å²) >= 11 is 0. The first-order valence-electron chi connectivity index (χ1n) is 8.79. The molecule has 0 radical (unpaired) electrons. The maximum absolute atomic E-state index is 13.9. The lowest BCUT2D eigenvalue weighted by atomic mass is 10.2. The quantitative estimate of drug-likeness (QED) is 0.486. The van der Waals surface area contributed by atoms with Crippen molar-refractivity contribution in [1.29, 1.82) is 0 Å². The molecule has 0 saturated carbocycles. The highest BCUT2D eigenvalue weighted by molar-refractivity contribution is 5.82. The maximum atomic E-state index is 13.9. The zero-order valence-corrected chi connectivity index (χ0v) is 15.1. The van der Waals surface area contributed by atoms with Crippen molar-refractivity contribution >= 4 is 28.0 Å². The molecule has 1 atom stereocenters. The van der Waals surface area contributed by atoms with E-state index in [1.54, 1.807) is 10.6 Å². The van der Waals surface area contributed by atoms with Gasteiger partial charge in [0.1, 0.15) is 29.3 Å². The van der Waals surface area contributed by atoms with E-state index in [2.05, 4.69) is 35.2 Å². The lowest BCUT2D eigenvalue weighted by Gasteiger charge is -2.17. The Morgan fingerprint density at radius 3 is 2.83 bits per heavy atom. The number of H-pyrrole nitrogens is 1. The average Bonchev–Trinajstić information content (AvgIpc) is 3.33. The van der Waals surface area contributed by atoms with E-state index in [9.17, 15) is 8.78 Å². The Morgan fingerprint density at radius 1 is 1.07 bits per heavy atom. The number of nitrogens with one attached hydrogen (secondary N) is 2. The maximum Gasteiger partial charge on any atom is 0.162 e. The molecule has 0 aliphatic carbocycles. The molecule has 2 N–H and O–H groups in total. The highest BCUT2D eigenvalue weighted by Gasteiger charge is 2.20. The standard InChI is InChI=1S/C19H14F2N8/c1-10(27-18-16-17(24-8-23-16)25-9-26-18)19-28-14-3-2-11(20)5-15(14)29(19)13-4-12(21)6-22-7-13/h2-10H,1H3,(H2,23,24,25,26,27). The SMILES string of the molecule is CC(Nc1ncnc2[nH]cnc12)c1nc2ccc(F)cc2n1-c1cncc(F)c1. The molecule has 5 rings (SSSR count). The van der Waals surface area contributed by atoms with E-state index in [-0.39, 0.29) is 6.04 Å². The zero-order chi connectivity index (χ0) is 20.0. The molecule has 1 aromatic carbocycles. The summed E-state index contributed by atoms with van der Waals surface area (Å²) in [5, 5.41) is 3.26. The zero-order valence-electron chi connectivity index (χ0n) is 15.1. The van der Waals surface area contributed by atoms with Crippen LogP contribution in [0.3, 0.4) is 0 Å². The van der Waals surface area contributed by atoms with Crippen molar-refractivity contribution in [2.45, 2.75) is 13.0 Å². The van der Waals surface area contributed by atoms with Crippen LogP contribution in [0.1, 0.15) is 18.8 Å². The van der Waals surface area contributed by atoms with Crippen molar-refractivity contribution in [1.82, 2.24) is 34.5 Å². The number of hydrogen-bond acceptors (Lipinski definition) is 6. The molecular weight excluding hydrogens is 378 g/mol. The molecule has 144 valence electrons. The van der Waals surface area contributed by atoms with Gasteiger partial charge in [-0.1, -0.05) is 0 Å². The number of nitrogens with zero attached hydrogens (tertiary/aromatic N) is 6. The Balaban J connectivity index is 1.66. The minimum Gasteiger partial charge on any atom is -0.358 e. The molecule has 29 heavy (non-hydrogen) atoms. The van der Waals surface area contributed by atoms with Gasteiger partial charge >= 0.3 is 0 Å². The summed E-state index contributed by atoms with van der Waals surface area (Å²) in [6.07, 6.45) is 5.57. The average molecular weight is 392 g/mol. The molecule has 4 aromatic heterocycles. The van der Waals surface area contributed by atoms with Crippen LogP contribution in [0.25, 0.3) is 27.9 Å². The minimum atomic E-state index is -0.499. The number of aromatic nitrogens is 7. The first-order valence-corrected chi connectivity index (χ1v) is 8.79. The summed E-state index contributed by atoms with van der Waals surface area (Å²) in [6.45, 7) is 1.88. The molecular formula is C19H14F2N8. The van der Waals surface area contributed by atoms with E-state index >= 15 is 0 Å². The van der Waals surface area contributed by atoms with E-state index in [1.807, 2.05) is 6.92 Å². The van der Waals surface area contributed by atoms with Crippen molar-refractivity contribution in [3.63, 3.8) is 0 Å². The van der Waals surface area contributed by atoms with Gasteiger partial charge in [-0.05, 0) is 19.1 Å². The molecule has 5 aromatic rings. The second-order valence-corrected chi connectivity index (χ2v) is 6.49. The minimum absolute atomic E-state index is 0.372. The van der Waals surface area contributed by atoms with Crippen LogP contribution in [-0.2, 0) is 0 Å². The molecule has 0 amide bonds. The van der Waals surface area contributed by atoms with Crippen LogP contribution in [0.2, 0.25) is 0 Å². The fourth-order valence-electron chi connectivity index (χ4n) is 3.29. The lowest BCUT2D eigenvalue weighted by Crippen LogP contribution is -2.14. The van der Waals surface area contributed by atoms with Crippen molar-refractivity contribution < 1.29 is 8.78 Å². The summed E-state index contributed by atoms with van der Waals surface area (Å²) in [7, 11) is 0. The molecule has 0 spiro atoms. The van der Waals surface area contributed by atoms with Gasteiger partial charge in [0.05, 0.1) is 41.5 Å². The van der Waals surface area contributed by atoms with Crippen LogP contribution in [0.15, 0.2) is 49.3 Å². The summed E-state index contributed by atoms with van der Waals surface area (Å²) in [5.41, 5.74) is 2.70. The number of imidazole rings is 2. The van der Waals surface area contributed by atoms with Crippen molar-refractivity contribution in [3.8, 4) is 5.69 Å². The summed E-state index contributed by atoms with van der Waals surface area (Å²) in [6, 6.07) is 5.24. The van der Waals surface area contributed by atoms with Crippen LogP contribution in [0, 0.1) is 11.6 Å². The van der Waals surface area contributed by atoms with Gasteiger partial charge in [-0.15, -0.1) is 0 Å². The number of hydrogen-bond donors (Lipinski definition) is 2. The summed E-state index contributed by atoms with van der Waals surface area (Å²) in [5.74, 6) is 0.150. The largest absolute Gasteiger partial charge is 0.358 e. The molecule has 0 fully saturated rings. The predicted octanol–water partition coefficient (Wildman–Crippen LogP) is 3.54. The van der Waals surface area contributed by atoms with Crippen LogP contribution >= 0.6 is 0 Å². The van der Waals surface area contributed by atoms with E-state index < -0.39 is 11.6 Å². The van der Waals surface area contributed by atoms with Crippen molar-refractivity contribution in [2.75, 3.05) is 5.32 Å². The van der Waals surface area contributed by atoms with Crippen molar-refractivity contribution in [3.05, 3.63) is 66.8 Å². The molecule has 0 bridgehead atoms. The van der Waals surface area contributed by atoms with Crippen LogP contribution in [0.5, 0.6) is 0 Å².